The van der Waals surface area contributed by atoms with Crippen molar-refractivity contribution >= 4 is 12.6 Å². The van der Waals surface area contributed by atoms with Gasteiger partial charge in [-0.3, -0.25) is 0 Å². The lowest BCUT2D eigenvalue weighted by atomic mass is 10.1. The van der Waals surface area contributed by atoms with E-state index < -0.39 is 0 Å². The molecule has 1 saturated carbocycles. The third kappa shape index (κ3) is 3.36. The lowest BCUT2D eigenvalue weighted by molar-refractivity contribution is -0.00360. The van der Waals surface area contributed by atoms with Gasteiger partial charge in [0.05, 0.1) is 6.10 Å². The molecule has 0 aromatic carbocycles. The summed E-state index contributed by atoms with van der Waals surface area (Å²) in [7, 11) is 2.22. The fourth-order valence-corrected chi connectivity index (χ4v) is 2.90. The van der Waals surface area contributed by atoms with Crippen molar-refractivity contribution in [2.75, 3.05) is 32.5 Å². The maximum absolute atomic E-state index is 5.76. The molecule has 2 aliphatic rings. The van der Waals surface area contributed by atoms with Crippen LogP contribution in [0.15, 0.2) is 0 Å². The van der Waals surface area contributed by atoms with Gasteiger partial charge in [-0.1, -0.05) is 0 Å². The molecule has 0 spiro atoms. The maximum Gasteiger partial charge on any atom is 0.0701 e. The van der Waals surface area contributed by atoms with Crippen LogP contribution in [-0.2, 0) is 4.74 Å². The Morgan fingerprint density at radius 3 is 2.73 bits per heavy atom. The zero-order valence-corrected chi connectivity index (χ0v) is 10.6. The van der Waals surface area contributed by atoms with Crippen LogP contribution in [0.5, 0.6) is 0 Å². The van der Waals surface area contributed by atoms with Gasteiger partial charge >= 0.3 is 0 Å². The van der Waals surface area contributed by atoms with E-state index in [1.807, 2.05) is 0 Å². The van der Waals surface area contributed by atoms with E-state index in [0.717, 1.165) is 18.9 Å². The molecule has 0 N–H and O–H groups in total. The van der Waals surface area contributed by atoms with Crippen LogP contribution in [-0.4, -0.2) is 43.5 Å². The van der Waals surface area contributed by atoms with Gasteiger partial charge in [0.15, 0.2) is 0 Å². The summed E-state index contributed by atoms with van der Waals surface area (Å²) in [5.74, 6) is 1.04. The molecule has 1 aliphatic heterocycles. The highest BCUT2D eigenvalue weighted by atomic mass is 32.1. The topological polar surface area (TPSA) is 12.5 Å². The maximum atomic E-state index is 5.76. The Morgan fingerprint density at radius 1 is 1.40 bits per heavy atom. The fraction of sp³-hybridized carbons (Fsp3) is 1.00. The predicted molar refractivity (Wildman–Crippen MR) is 66.6 cm³/mol. The Morgan fingerprint density at radius 2 is 2.20 bits per heavy atom. The minimum atomic E-state index is 0.486. The first-order valence-electron chi connectivity index (χ1n) is 6.15. The molecule has 0 bridgehead atoms. The fourth-order valence-electron chi connectivity index (χ4n) is 2.48. The number of rotatable bonds is 5. The Kier molecular flexibility index (Phi) is 3.97. The first-order valence-corrected chi connectivity index (χ1v) is 6.78. The lowest BCUT2D eigenvalue weighted by Gasteiger charge is -2.29. The molecule has 1 aliphatic carbocycles. The normalized spacial score (nSPS) is 29.4. The number of thiol groups is 1. The Bertz CT molecular complexity index is 200. The van der Waals surface area contributed by atoms with Crippen LogP contribution in [0.2, 0.25) is 0 Å². The Labute approximate surface area is 98.8 Å². The highest BCUT2D eigenvalue weighted by Crippen LogP contribution is 2.46. The van der Waals surface area contributed by atoms with Crippen LogP contribution in [0, 0.1) is 5.41 Å². The van der Waals surface area contributed by atoms with Crippen molar-refractivity contribution in [3.05, 3.63) is 0 Å². The largest absolute Gasteiger partial charge is 0.377 e. The van der Waals surface area contributed by atoms with E-state index in [4.69, 9.17) is 4.74 Å². The molecule has 2 fully saturated rings. The summed E-state index contributed by atoms with van der Waals surface area (Å²) < 4.78 is 5.76. The van der Waals surface area contributed by atoms with Crippen LogP contribution in [0.3, 0.4) is 0 Å². The Hall–Kier alpha value is 0.270. The second-order valence-corrected chi connectivity index (χ2v) is 5.66. The van der Waals surface area contributed by atoms with E-state index in [-0.39, 0.29) is 0 Å². The summed E-state index contributed by atoms with van der Waals surface area (Å²) in [5, 5.41) is 0. The molecule has 88 valence electrons. The van der Waals surface area contributed by atoms with Gasteiger partial charge < -0.3 is 9.64 Å². The number of hydrogen-bond acceptors (Lipinski definition) is 3. The van der Waals surface area contributed by atoms with Crippen LogP contribution in [0.25, 0.3) is 0 Å². The minimum absolute atomic E-state index is 0.486. The second kappa shape index (κ2) is 5.07. The molecule has 1 unspecified atom stereocenters. The van der Waals surface area contributed by atoms with Crippen molar-refractivity contribution in [3.8, 4) is 0 Å². The lowest BCUT2D eigenvalue weighted by Crippen LogP contribution is -2.37. The molecular formula is C12H23NOS. The molecule has 0 amide bonds. The van der Waals surface area contributed by atoms with Crippen molar-refractivity contribution in [1.82, 2.24) is 4.90 Å². The van der Waals surface area contributed by atoms with E-state index in [0.29, 0.717) is 11.5 Å². The van der Waals surface area contributed by atoms with E-state index in [2.05, 4.69) is 24.6 Å². The molecule has 2 nitrogen and oxygen atoms in total. The van der Waals surface area contributed by atoms with Crippen LogP contribution >= 0.6 is 12.6 Å². The third-order valence-corrected chi connectivity index (χ3v) is 4.36. The molecule has 3 heteroatoms. The average molecular weight is 229 g/mol. The van der Waals surface area contributed by atoms with Crippen molar-refractivity contribution in [3.63, 3.8) is 0 Å². The predicted octanol–water partition coefficient (Wildman–Crippen LogP) is 2.20. The van der Waals surface area contributed by atoms with Gasteiger partial charge in [0, 0.05) is 19.7 Å². The minimum Gasteiger partial charge on any atom is -0.377 e. The number of likely N-dealkylation sites (N-methyl/N-ethyl adjacent to an activating group) is 1. The molecule has 1 saturated heterocycles. The number of ether oxygens (including phenoxy) is 1. The molecule has 2 rings (SSSR count). The highest BCUT2D eigenvalue weighted by molar-refractivity contribution is 7.80. The van der Waals surface area contributed by atoms with Crippen molar-refractivity contribution < 1.29 is 4.74 Å². The zero-order valence-electron chi connectivity index (χ0n) is 9.74. The van der Waals surface area contributed by atoms with E-state index in [1.165, 1.54) is 38.6 Å². The van der Waals surface area contributed by atoms with Gasteiger partial charge in [-0.2, -0.15) is 12.6 Å². The van der Waals surface area contributed by atoms with Crippen LogP contribution in [0.1, 0.15) is 32.1 Å². The first-order chi connectivity index (χ1) is 7.24. The molecule has 0 radical (unpaired) electrons. The summed E-state index contributed by atoms with van der Waals surface area (Å²) in [6.07, 6.45) is 7.06. The van der Waals surface area contributed by atoms with E-state index in [1.54, 1.807) is 0 Å². The molecule has 15 heavy (non-hydrogen) atoms. The van der Waals surface area contributed by atoms with Crippen LogP contribution in [0.4, 0.5) is 0 Å². The third-order valence-electron chi connectivity index (χ3n) is 3.69. The summed E-state index contributed by atoms with van der Waals surface area (Å²) in [5.41, 5.74) is 0.548. The van der Waals surface area contributed by atoms with Gasteiger partial charge in [-0.05, 0) is 50.3 Å². The standard InChI is InChI=1S/C12H23NOS/c1-13(9-12(10-15)5-6-12)8-11-4-2-3-7-14-11/h11,15H,2-10H2,1H3. The highest BCUT2D eigenvalue weighted by Gasteiger charge is 2.42. The van der Waals surface area contributed by atoms with Crippen molar-refractivity contribution in [2.45, 2.75) is 38.2 Å². The average Bonchev–Trinajstić information content (AvgIpc) is 3.00. The second-order valence-electron chi connectivity index (χ2n) is 5.34. The van der Waals surface area contributed by atoms with Gasteiger partial charge in [0.1, 0.15) is 0 Å². The smallest absolute Gasteiger partial charge is 0.0701 e. The van der Waals surface area contributed by atoms with Gasteiger partial charge in [0.2, 0.25) is 0 Å². The number of nitrogens with zero attached hydrogens (tertiary/aromatic N) is 1. The van der Waals surface area contributed by atoms with Crippen molar-refractivity contribution in [2.24, 2.45) is 5.41 Å². The SMILES string of the molecule is CN(CC1CCCCO1)CC1(CS)CC1. The molecule has 0 aromatic rings. The van der Waals surface area contributed by atoms with Gasteiger partial charge in [-0.15, -0.1) is 0 Å². The van der Waals surface area contributed by atoms with Crippen LogP contribution < -0.4 is 0 Å². The van der Waals surface area contributed by atoms with Gasteiger partial charge in [-0.25, -0.2) is 0 Å². The Balaban J connectivity index is 1.69. The summed E-state index contributed by atoms with van der Waals surface area (Å²) in [6, 6.07) is 0. The monoisotopic (exact) mass is 229 g/mol. The molecule has 0 aromatic heterocycles. The first kappa shape index (κ1) is 11.7. The molecule has 1 heterocycles. The summed E-state index contributed by atoms with van der Waals surface area (Å²) in [6.45, 7) is 3.28. The number of hydrogen-bond donors (Lipinski definition) is 1. The summed E-state index contributed by atoms with van der Waals surface area (Å²) >= 11 is 4.45. The van der Waals surface area contributed by atoms with Gasteiger partial charge in [0.25, 0.3) is 0 Å². The van der Waals surface area contributed by atoms with Crippen molar-refractivity contribution in [1.29, 1.82) is 0 Å². The summed E-state index contributed by atoms with van der Waals surface area (Å²) in [4.78, 5) is 2.44. The van der Waals surface area contributed by atoms with E-state index >= 15 is 0 Å². The quantitative estimate of drug-likeness (QED) is 0.726. The molecule has 1 atom stereocenters. The van der Waals surface area contributed by atoms with E-state index in [9.17, 15) is 0 Å². The zero-order chi connectivity index (χ0) is 10.7. The molecular weight excluding hydrogens is 206 g/mol.